The predicted molar refractivity (Wildman–Crippen MR) is 68.9 cm³/mol. The Balaban J connectivity index is 2.31. The van der Waals surface area contributed by atoms with Gasteiger partial charge in [-0.3, -0.25) is 9.69 Å². The van der Waals surface area contributed by atoms with Crippen molar-refractivity contribution in [2.45, 2.75) is 32.7 Å². The molecule has 1 aliphatic heterocycles. The Morgan fingerprint density at radius 2 is 2.17 bits per heavy atom. The largest absolute Gasteiger partial charge is 0.379 e. The van der Waals surface area contributed by atoms with E-state index < -0.39 is 5.92 Å². The molecule has 0 aromatic heterocycles. The van der Waals surface area contributed by atoms with E-state index in [1.165, 1.54) is 0 Å². The van der Waals surface area contributed by atoms with Crippen molar-refractivity contribution in [2.24, 2.45) is 5.92 Å². The van der Waals surface area contributed by atoms with Crippen LogP contribution >= 0.6 is 0 Å². The highest BCUT2D eigenvalue weighted by atomic mass is 16.5. The molecular weight excluding hydrogens is 230 g/mol. The summed E-state index contributed by atoms with van der Waals surface area (Å²) in [6, 6.07) is 2.14. The average Bonchev–Trinajstić information content (AvgIpc) is 2.36. The monoisotopic (exact) mass is 253 g/mol. The number of nitrogens with one attached hydrogen (secondary N) is 1. The summed E-state index contributed by atoms with van der Waals surface area (Å²) < 4.78 is 5.28. The van der Waals surface area contributed by atoms with Crippen molar-refractivity contribution in [3.05, 3.63) is 0 Å². The highest BCUT2D eigenvalue weighted by molar-refractivity contribution is 5.81. The van der Waals surface area contributed by atoms with Gasteiger partial charge in [0, 0.05) is 25.7 Å². The second-order valence-electron chi connectivity index (χ2n) is 4.79. The maximum absolute atomic E-state index is 11.8. The molecule has 2 atom stereocenters. The van der Waals surface area contributed by atoms with Crippen LogP contribution in [0.5, 0.6) is 0 Å². The Morgan fingerprint density at radius 1 is 1.50 bits per heavy atom. The fourth-order valence-electron chi connectivity index (χ4n) is 2.10. The number of ether oxygens (including phenoxy) is 1. The van der Waals surface area contributed by atoms with Gasteiger partial charge >= 0.3 is 0 Å². The third-order valence-electron chi connectivity index (χ3n) is 3.07. The van der Waals surface area contributed by atoms with Gasteiger partial charge in [0.15, 0.2) is 0 Å². The van der Waals surface area contributed by atoms with Gasteiger partial charge in [-0.1, -0.05) is 13.3 Å². The van der Waals surface area contributed by atoms with Crippen LogP contribution in [0.1, 0.15) is 26.7 Å². The molecule has 1 rings (SSSR count). The van der Waals surface area contributed by atoms with Gasteiger partial charge in [-0.05, 0) is 13.3 Å². The van der Waals surface area contributed by atoms with Crippen molar-refractivity contribution in [2.75, 3.05) is 32.8 Å². The van der Waals surface area contributed by atoms with Crippen LogP contribution in [0.2, 0.25) is 0 Å². The Morgan fingerprint density at radius 3 is 2.72 bits per heavy atom. The molecule has 0 saturated carbocycles. The number of amides is 1. The van der Waals surface area contributed by atoms with E-state index >= 15 is 0 Å². The van der Waals surface area contributed by atoms with Crippen molar-refractivity contribution >= 4 is 5.91 Å². The molecule has 0 bridgehead atoms. The van der Waals surface area contributed by atoms with Crippen LogP contribution in [0.15, 0.2) is 0 Å². The molecule has 0 spiro atoms. The number of morpholine rings is 1. The van der Waals surface area contributed by atoms with Gasteiger partial charge in [0.2, 0.25) is 5.91 Å². The lowest BCUT2D eigenvalue weighted by Gasteiger charge is -2.29. The third-order valence-corrected chi connectivity index (χ3v) is 3.07. The quantitative estimate of drug-likeness (QED) is 0.759. The molecule has 1 aliphatic rings. The Labute approximate surface area is 109 Å². The van der Waals surface area contributed by atoms with E-state index in [9.17, 15) is 4.79 Å². The number of nitrogens with zero attached hydrogens (tertiary/aromatic N) is 2. The second kappa shape index (κ2) is 8.06. The van der Waals surface area contributed by atoms with E-state index in [-0.39, 0.29) is 11.9 Å². The second-order valence-corrected chi connectivity index (χ2v) is 4.79. The predicted octanol–water partition coefficient (Wildman–Crippen LogP) is 0.763. The summed E-state index contributed by atoms with van der Waals surface area (Å²) in [5.41, 5.74) is 0. The van der Waals surface area contributed by atoms with Gasteiger partial charge in [-0.25, -0.2) is 0 Å². The Kier molecular flexibility index (Phi) is 6.69. The number of nitriles is 1. The van der Waals surface area contributed by atoms with Crippen LogP contribution in [0.25, 0.3) is 0 Å². The number of hydrogen-bond donors (Lipinski definition) is 1. The minimum absolute atomic E-state index is 0.0725. The molecule has 1 heterocycles. The molecule has 2 unspecified atom stereocenters. The number of hydrogen-bond acceptors (Lipinski definition) is 4. The third kappa shape index (κ3) is 5.03. The minimum atomic E-state index is -0.512. The van der Waals surface area contributed by atoms with Gasteiger partial charge in [0.25, 0.3) is 0 Å². The topological polar surface area (TPSA) is 65.4 Å². The van der Waals surface area contributed by atoms with Crippen molar-refractivity contribution in [3.8, 4) is 6.07 Å². The summed E-state index contributed by atoms with van der Waals surface area (Å²) in [7, 11) is 0. The fourth-order valence-corrected chi connectivity index (χ4v) is 2.10. The smallest absolute Gasteiger partial charge is 0.237 e. The first-order chi connectivity index (χ1) is 8.67. The summed E-state index contributed by atoms with van der Waals surface area (Å²) >= 11 is 0. The van der Waals surface area contributed by atoms with Gasteiger partial charge in [0.05, 0.1) is 19.3 Å². The number of carbonyl (C=O) groups excluding carboxylic acids is 1. The zero-order valence-corrected chi connectivity index (χ0v) is 11.3. The van der Waals surface area contributed by atoms with Crippen molar-refractivity contribution in [1.82, 2.24) is 10.2 Å². The van der Waals surface area contributed by atoms with Crippen LogP contribution in [-0.2, 0) is 9.53 Å². The van der Waals surface area contributed by atoms with Gasteiger partial charge in [-0.2, -0.15) is 5.26 Å². The Hall–Kier alpha value is -1.12. The molecule has 0 aliphatic carbocycles. The molecule has 0 aromatic carbocycles. The molecule has 0 radical (unpaired) electrons. The first-order valence-corrected chi connectivity index (χ1v) is 6.67. The molecule has 1 fully saturated rings. The molecule has 1 saturated heterocycles. The molecule has 102 valence electrons. The van der Waals surface area contributed by atoms with Gasteiger partial charge in [0.1, 0.15) is 5.92 Å². The summed E-state index contributed by atoms with van der Waals surface area (Å²) in [5, 5.41) is 11.8. The van der Waals surface area contributed by atoms with E-state index in [1.54, 1.807) is 0 Å². The lowest BCUT2D eigenvalue weighted by Crippen LogP contribution is -2.47. The fraction of sp³-hybridized carbons (Fsp3) is 0.846. The lowest BCUT2D eigenvalue weighted by atomic mass is 10.0. The first-order valence-electron chi connectivity index (χ1n) is 6.67. The SMILES string of the molecule is CCCC(C#N)C(=O)NC(C)CN1CCOCC1. The van der Waals surface area contributed by atoms with Gasteiger partial charge in [-0.15, -0.1) is 0 Å². The van der Waals surface area contributed by atoms with Crippen LogP contribution in [0.3, 0.4) is 0 Å². The van der Waals surface area contributed by atoms with Crippen LogP contribution in [0.4, 0.5) is 0 Å². The minimum Gasteiger partial charge on any atom is -0.379 e. The molecular formula is C13H23N3O2. The molecule has 0 aromatic rings. The first kappa shape index (κ1) is 14.9. The zero-order valence-electron chi connectivity index (χ0n) is 11.3. The van der Waals surface area contributed by atoms with E-state index in [2.05, 4.69) is 16.3 Å². The maximum atomic E-state index is 11.8. The van der Waals surface area contributed by atoms with Crippen molar-refractivity contribution in [1.29, 1.82) is 5.26 Å². The highest BCUT2D eigenvalue weighted by Crippen LogP contribution is 2.06. The lowest BCUT2D eigenvalue weighted by molar-refractivity contribution is -0.124. The van der Waals surface area contributed by atoms with E-state index in [0.717, 1.165) is 39.3 Å². The molecule has 18 heavy (non-hydrogen) atoms. The number of carbonyl (C=O) groups is 1. The van der Waals surface area contributed by atoms with Crippen molar-refractivity contribution in [3.63, 3.8) is 0 Å². The maximum Gasteiger partial charge on any atom is 0.237 e. The highest BCUT2D eigenvalue weighted by Gasteiger charge is 2.20. The molecule has 5 heteroatoms. The van der Waals surface area contributed by atoms with E-state index in [0.29, 0.717) is 6.42 Å². The van der Waals surface area contributed by atoms with Crippen LogP contribution < -0.4 is 5.32 Å². The zero-order chi connectivity index (χ0) is 13.4. The summed E-state index contributed by atoms with van der Waals surface area (Å²) in [6.07, 6.45) is 1.48. The standard InChI is InChI=1S/C13H23N3O2/c1-3-4-12(9-14)13(17)15-11(2)10-16-5-7-18-8-6-16/h11-12H,3-8,10H2,1-2H3,(H,15,17). The summed E-state index contributed by atoms with van der Waals surface area (Å²) in [5.74, 6) is -0.651. The summed E-state index contributed by atoms with van der Waals surface area (Å²) in [6.45, 7) is 8.13. The van der Waals surface area contributed by atoms with Gasteiger partial charge < -0.3 is 10.1 Å². The molecule has 1 amide bonds. The van der Waals surface area contributed by atoms with Crippen molar-refractivity contribution < 1.29 is 9.53 Å². The normalized spacial score (nSPS) is 19.8. The van der Waals surface area contributed by atoms with E-state index in [1.807, 2.05) is 13.8 Å². The average molecular weight is 253 g/mol. The van der Waals surface area contributed by atoms with E-state index in [4.69, 9.17) is 10.00 Å². The molecule has 5 nitrogen and oxygen atoms in total. The van der Waals surface area contributed by atoms with Crippen LogP contribution in [0, 0.1) is 17.2 Å². The number of rotatable bonds is 6. The molecule has 1 N–H and O–H groups in total. The van der Waals surface area contributed by atoms with Crippen LogP contribution in [-0.4, -0.2) is 49.7 Å². The summed E-state index contributed by atoms with van der Waals surface area (Å²) in [4.78, 5) is 14.1. The Bertz CT molecular complexity index is 295.